The molecule has 1 saturated carbocycles. The van der Waals surface area contributed by atoms with Crippen LogP contribution in [0, 0.1) is 25.5 Å². The fraction of sp³-hybridized carbons (Fsp3) is 0.286. The van der Waals surface area contributed by atoms with Crippen LogP contribution in [0.1, 0.15) is 37.2 Å². The minimum absolute atomic E-state index is 0.0767. The van der Waals surface area contributed by atoms with E-state index in [0.29, 0.717) is 27.7 Å². The van der Waals surface area contributed by atoms with Gasteiger partial charge in [-0.2, -0.15) is 5.10 Å². The van der Waals surface area contributed by atoms with E-state index in [0.717, 1.165) is 12.8 Å². The maximum Gasteiger partial charge on any atom is 0.236 e. The van der Waals surface area contributed by atoms with Gasteiger partial charge in [0, 0.05) is 35.9 Å². The summed E-state index contributed by atoms with van der Waals surface area (Å²) in [7, 11) is 0. The molecular weight excluding hydrogens is 362 g/mol. The van der Waals surface area contributed by atoms with Gasteiger partial charge in [0.25, 0.3) is 0 Å². The van der Waals surface area contributed by atoms with Gasteiger partial charge in [-0.05, 0) is 56.5 Å². The molecule has 1 fully saturated rings. The lowest BCUT2D eigenvalue weighted by Crippen LogP contribution is -2.20. The molecule has 2 aromatic heterocycles. The van der Waals surface area contributed by atoms with Gasteiger partial charge < -0.3 is 4.57 Å². The molecule has 0 spiro atoms. The van der Waals surface area contributed by atoms with Gasteiger partial charge in [0.1, 0.15) is 5.82 Å². The SMILES string of the molecule is CC(=O)N/N=c1\ccn(C2CC2)c2c(F)c(-c3cc(C)nc(C)c3)c(F)cc12. The van der Waals surface area contributed by atoms with Crippen LogP contribution in [-0.2, 0) is 4.79 Å². The Morgan fingerprint density at radius 3 is 2.50 bits per heavy atom. The average Bonchev–Trinajstić information content (AvgIpc) is 3.43. The molecule has 3 aromatic rings. The van der Waals surface area contributed by atoms with Crippen molar-refractivity contribution < 1.29 is 13.6 Å². The highest BCUT2D eigenvalue weighted by Gasteiger charge is 2.27. The Balaban J connectivity index is 2.05. The van der Waals surface area contributed by atoms with E-state index < -0.39 is 11.6 Å². The minimum Gasteiger partial charge on any atom is -0.342 e. The molecule has 2 heterocycles. The lowest BCUT2D eigenvalue weighted by Gasteiger charge is -2.15. The van der Waals surface area contributed by atoms with Crippen LogP contribution in [0.2, 0.25) is 0 Å². The molecule has 0 aliphatic heterocycles. The first-order valence-electron chi connectivity index (χ1n) is 9.14. The molecule has 1 aliphatic carbocycles. The molecule has 144 valence electrons. The first-order valence-corrected chi connectivity index (χ1v) is 9.14. The van der Waals surface area contributed by atoms with E-state index >= 15 is 8.78 Å². The summed E-state index contributed by atoms with van der Waals surface area (Å²) in [6.07, 6.45) is 3.64. The van der Waals surface area contributed by atoms with Gasteiger partial charge in [-0.3, -0.25) is 9.78 Å². The third kappa shape index (κ3) is 3.28. The summed E-state index contributed by atoms with van der Waals surface area (Å²) >= 11 is 0. The number of carbonyl (C=O) groups excluding carboxylic acids is 1. The lowest BCUT2D eigenvalue weighted by molar-refractivity contribution is -0.119. The zero-order valence-corrected chi connectivity index (χ0v) is 15.9. The monoisotopic (exact) mass is 382 g/mol. The molecule has 1 N–H and O–H groups in total. The molecule has 0 unspecified atom stereocenters. The van der Waals surface area contributed by atoms with Gasteiger partial charge in [0.15, 0.2) is 5.82 Å². The van der Waals surface area contributed by atoms with Crippen LogP contribution in [0.25, 0.3) is 22.0 Å². The second-order valence-corrected chi connectivity index (χ2v) is 7.20. The number of nitrogens with zero attached hydrogens (tertiary/aromatic N) is 3. The number of pyridine rings is 2. The standard InChI is InChI=1S/C21H20F2N4O/c1-11-8-14(9-12(2)24-11)19-17(22)10-16-18(26-25-13(3)28)6-7-27(15-4-5-15)21(16)20(19)23/h6-10,15H,4-5H2,1-3H3,(H,25,28)/b26-18+. The Hall–Kier alpha value is -3.09. The number of fused-ring (bicyclic) bond motifs is 1. The fourth-order valence-corrected chi connectivity index (χ4v) is 3.51. The molecule has 1 aliphatic rings. The van der Waals surface area contributed by atoms with Crippen molar-refractivity contribution >= 4 is 16.8 Å². The third-order valence-electron chi connectivity index (χ3n) is 4.76. The summed E-state index contributed by atoms with van der Waals surface area (Å²) in [6.45, 7) is 4.91. The molecule has 0 atom stereocenters. The quantitative estimate of drug-likeness (QED) is 0.699. The van der Waals surface area contributed by atoms with Gasteiger partial charge in [-0.15, -0.1) is 0 Å². The van der Waals surface area contributed by atoms with Crippen LogP contribution in [0.15, 0.2) is 35.6 Å². The Morgan fingerprint density at radius 1 is 1.21 bits per heavy atom. The summed E-state index contributed by atoms with van der Waals surface area (Å²) in [5.74, 6) is -1.66. The summed E-state index contributed by atoms with van der Waals surface area (Å²) in [5, 5.41) is 4.65. The summed E-state index contributed by atoms with van der Waals surface area (Å²) in [6, 6.07) is 6.49. The van der Waals surface area contributed by atoms with Gasteiger partial charge in [0.2, 0.25) is 5.91 Å². The summed E-state index contributed by atoms with van der Waals surface area (Å²) in [5.41, 5.74) is 4.39. The number of aromatic nitrogens is 2. The van der Waals surface area contributed by atoms with Crippen molar-refractivity contribution in [2.75, 3.05) is 0 Å². The molecule has 7 heteroatoms. The van der Waals surface area contributed by atoms with E-state index in [4.69, 9.17) is 0 Å². The first-order chi connectivity index (χ1) is 13.3. The maximum absolute atomic E-state index is 15.7. The van der Waals surface area contributed by atoms with E-state index in [1.165, 1.54) is 13.0 Å². The molecular formula is C21H20F2N4O. The fourth-order valence-electron chi connectivity index (χ4n) is 3.51. The Labute approximate surface area is 160 Å². The number of amides is 1. The van der Waals surface area contributed by atoms with Crippen molar-refractivity contribution in [3.63, 3.8) is 0 Å². The van der Waals surface area contributed by atoms with E-state index in [1.807, 2.05) is 4.57 Å². The number of hydrogen-bond donors (Lipinski definition) is 1. The largest absolute Gasteiger partial charge is 0.342 e. The highest BCUT2D eigenvalue weighted by Crippen LogP contribution is 2.39. The molecule has 1 amide bonds. The summed E-state index contributed by atoms with van der Waals surface area (Å²) < 4.78 is 32.6. The van der Waals surface area contributed by atoms with E-state index in [9.17, 15) is 4.79 Å². The number of benzene rings is 1. The molecule has 5 nitrogen and oxygen atoms in total. The Morgan fingerprint density at radius 2 is 1.89 bits per heavy atom. The zero-order valence-electron chi connectivity index (χ0n) is 15.9. The Bertz CT molecular complexity index is 1160. The molecule has 1 aromatic carbocycles. The van der Waals surface area contributed by atoms with Crippen LogP contribution in [0.4, 0.5) is 8.78 Å². The molecule has 0 saturated heterocycles. The number of nitrogens with one attached hydrogen (secondary N) is 1. The lowest BCUT2D eigenvalue weighted by atomic mass is 10.0. The van der Waals surface area contributed by atoms with Crippen LogP contribution < -0.4 is 10.8 Å². The van der Waals surface area contributed by atoms with Crippen molar-refractivity contribution in [2.24, 2.45) is 5.10 Å². The smallest absolute Gasteiger partial charge is 0.236 e. The third-order valence-corrected chi connectivity index (χ3v) is 4.76. The number of carbonyl (C=O) groups is 1. The minimum atomic E-state index is -0.678. The average molecular weight is 382 g/mol. The molecule has 4 rings (SSSR count). The van der Waals surface area contributed by atoms with E-state index in [1.54, 1.807) is 38.2 Å². The van der Waals surface area contributed by atoms with Crippen LogP contribution in [0.3, 0.4) is 0 Å². The predicted molar refractivity (Wildman–Crippen MR) is 102 cm³/mol. The molecule has 28 heavy (non-hydrogen) atoms. The van der Waals surface area contributed by atoms with E-state index in [-0.39, 0.29) is 23.0 Å². The van der Waals surface area contributed by atoms with Gasteiger partial charge in [-0.25, -0.2) is 14.2 Å². The second kappa shape index (κ2) is 6.82. The number of aryl methyl sites for hydroxylation is 2. The van der Waals surface area contributed by atoms with Crippen molar-refractivity contribution in [3.8, 4) is 11.1 Å². The first kappa shape index (κ1) is 18.3. The second-order valence-electron chi connectivity index (χ2n) is 7.20. The van der Waals surface area contributed by atoms with Crippen LogP contribution >= 0.6 is 0 Å². The topological polar surface area (TPSA) is 59.3 Å². The number of hydrogen-bond acceptors (Lipinski definition) is 3. The summed E-state index contributed by atoms with van der Waals surface area (Å²) in [4.78, 5) is 15.5. The van der Waals surface area contributed by atoms with Gasteiger partial charge >= 0.3 is 0 Å². The normalized spacial score (nSPS) is 14.5. The van der Waals surface area contributed by atoms with E-state index in [2.05, 4.69) is 15.5 Å². The van der Waals surface area contributed by atoms with Crippen molar-refractivity contribution in [1.82, 2.24) is 15.0 Å². The molecule has 0 radical (unpaired) electrons. The van der Waals surface area contributed by atoms with Crippen LogP contribution in [0.5, 0.6) is 0 Å². The highest BCUT2D eigenvalue weighted by atomic mass is 19.1. The predicted octanol–water partition coefficient (Wildman–Crippen LogP) is 3.89. The highest BCUT2D eigenvalue weighted by molar-refractivity contribution is 5.86. The van der Waals surface area contributed by atoms with Gasteiger partial charge in [0.05, 0.1) is 16.4 Å². The van der Waals surface area contributed by atoms with Crippen LogP contribution in [-0.4, -0.2) is 15.5 Å². The van der Waals surface area contributed by atoms with Crippen molar-refractivity contribution in [1.29, 1.82) is 0 Å². The van der Waals surface area contributed by atoms with Gasteiger partial charge in [-0.1, -0.05) is 0 Å². The maximum atomic E-state index is 15.7. The number of rotatable bonds is 3. The Kier molecular flexibility index (Phi) is 4.45. The number of halogens is 2. The molecule has 0 bridgehead atoms. The zero-order chi connectivity index (χ0) is 20.0. The van der Waals surface area contributed by atoms with Crippen molar-refractivity contribution in [2.45, 2.75) is 39.7 Å². The van der Waals surface area contributed by atoms with Crippen molar-refractivity contribution in [3.05, 3.63) is 58.8 Å².